The fraction of sp³-hybridized carbons (Fsp3) is 0.350. The average Bonchev–Trinajstić information content (AvgIpc) is 2.65. The summed E-state index contributed by atoms with van der Waals surface area (Å²) < 4.78 is 0. The van der Waals surface area contributed by atoms with E-state index in [0.29, 0.717) is 15.6 Å². The maximum absolute atomic E-state index is 12.8. The highest BCUT2D eigenvalue weighted by molar-refractivity contribution is 6.43. The number of hydrogen-bond acceptors (Lipinski definition) is 2. The highest BCUT2D eigenvalue weighted by Crippen LogP contribution is 2.37. The summed E-state index contributed by atoms with van der Waals surface area (Å²) in [7, 11) is 0. The topological polar surface area (TPSA) is 41.1 Å². The van der Waals surface area contributed by atoms with Crippen molar-refractivity contribution < 1.29 is 4.79 Å². The van der Waals surface area contributed by atoms with Crippen molar-refractivity contribution in [3.8, 4) is 0 Å². The lowest BCUT2D eigenvalue weighted by molar-refractivity contribution is 0.0906. The highest BCUT2D eigenvalue weighted by atomic mass is 35.5. The molecule has 3 rings (SSSR count). The molecule has 0 radical (unpaired) electrons. The van der Waals surface area contributed by atoms with E-state index in [9.17, 15) is 4.79 Å². The monoisotopic (exact) mass is 376 g/mol. The van der Waals surface area contributed by atoms with Crippen LogP contribution in [-0.4, -0.2) is 25.0 Å². The van der Waals surface area contributed by atoms with Crippen molar-refractivity contribution in [2.75, 3.05) is 13.1 Å². The largest absolute Gasteiger partial charge is 0.349 e. The van der Waals surface area contributed by atoms with Crippen LogP contribution in [0.25, 0.3) is 0 Å². The first-order valence-electron chi connectivity index (χ1n) is 8.56. The number of carbonyl (C=O) groups excluding carboxylic acids is 1. The standard InChI is InChI=1S/C20H22Cl2N2O/c1-14(24-19(25)16-8-5-9-17(21)18(16)22)20(10-12-23-13-11-20)15-6-3-2-4-7-15/h2-9,14,23H,10-13H2,1H3,(H,24,25). The lowest BCUT2D eigenvalue weighted by atomic mass is 9.68. The van der Waals surface area contributed by atoms with Crippen molar-refractivity contribution >= 4 is 29.1 Å². The molecule has 1 aliphatic heterocycles. The van der Waals surface area contributed by atoms with Crippen molar-refractivity contribution in [1.82, 2.24) is 10.6 Å². The Labute approximate surface area is 158 Å². The molecule has 0 saturated carbocycles. The first-order chi connectivity index (χ1) is 12.0. The second kappa shape index (κ2) is 7.77. The summed E-state index contributed by atoms with van der Waals surface area (Å²) in [5, 5.41) is 7.27. The van der Waals surface area contributed by atoms with Crippen molar-refractivity contribution in [2.24, 2.45) is 0 Å². The van der Waals surface area contributed by atoms with Crippen LogP contribution in [0.15, 0.2) is 48.5 Å². The molecule has 1 saturated heterocycles. The first-order valence-corrected chi connectivity index (χ1v) is 9.31. The van der Waals surface area contributed by atoms with E-state index in [1.165, 1.54) is 5.56 Å². The molecule has 0 bridgehead atoms. The molecule has 132 valence electrons. The summed E-state index contributed by atoms with van der Waals surface area (Å²) in [6.07, 6.45) is 1.95. The molecule has 1 heterocycles. The summed E-state index contributed by atoms with van der Waals surface area (Å²) in [6, 6.07) is 15.5. The molecular formula is C20H22Cl2N2O. The molecule has 1 fully saturated rings. The van der Waals surface area contributed by atoms with E-state index in [2.05, 4.69) is 41.8 Å². The number of rotatable bonds is 4. The van der Waals surface area contributed by atoms with Crippen molar-refractivity contribution in [3.05, 3.63) is 69.7 Å². The zero-order valence-electron chi connectivity index (χ0n) is 14.2. The molecule has 1 atom stereocenters. The Bertz CT molecular complexity index is 743. The third-order valence-corrected chi connectivity index (χ3v) is 6.04. The Balaban J connectivity index is 1.87. The van der Waals surface area contributed by atoms with Crippen molar-refractivity contribution in [1.29, 1.82) is 0 Å². The van der Waals surface area contributed by atoms with Gasteiger partial charge < -0.3 is 10.6 Å². The zero-order chi connectivity index (χ0) is 17.9. The van der Waals surface area contributed by atoms with E-state index in [1.807, 2.05) is 6.07 Å². The Hall–Kier alpha value is -1.55. The summed E-state index contributed by atoms with van der Waals surface area (Å²) in [4.78, 5) is 12.8. The minimum atomic E-state index is -0.186. The number of nitrogens with one attached hydrogen (secondary N) is 2. The number of benzene rings is 2. The Morgan fingerprint density at radius 1 is 1.08 bits per heavy atom. The minimum absolute atomic E-state index is 0.0282. The maximum Gasteiger partial charge on any atom is 0.253 e. The Kier molecular flexibility index (Phi) is 5.67. The lowest BCUT2D eigenvalue weighted by Crippen LogP contribution is -2.53. The van der Waals surface area contributed by atoms with E-state index in [0.717, 1.165) is 25.9 Å². The van der Waals surface area contributed by atoms with Gasteiger partial charge in [0.1, 0.15) is 0 Å². The third kappa shape index (κ3) is 3.69. The molecular weight excluding hydrogens is 355 g/mol. The van der Waals surface area contributed by atoms with Gasteiger partial charge in [-0.05, 0) is 50.6 Å². The quantitative estimate of drug-likeness (QED) is 0.828. The SMILES string of the molecule is CC(NC(=O)c1cccc(Cl)c1Cl)C1(c2ccccc2)CCNCC1. The highest BCUT2D eigenvalue weighted by Gasteiger charge is 2.39. The number of amides is 1. The van der Waals surface area contributed by atoms with Gasteiger partial charge in [0.2, 0.25) is 0 Å². The van der Waals surface area contributed by atoms with Gasteiger partial charge in [0, 0.05) is 11.5 Å². The number of hydrogen-bond donors (Lipinski definition) is 2. The van der Waals surface area contributed by atoms with Crippen LogP contribution in [0.3, 0.4) is 0 Å². The van der Waals surface area contributed by atoms with Crippen LogP contribution in [0.2, 0.25) is 10.0 Å². The summed E-state index contributed by atoms with van der Waals surface area (Å²) in [5.74, 6) is -0.186. The average molecular weight is 377 g/mol. The van der Waals surface area contributed by atoms with Gasteiger partial charge in [-0.2, -0.15) is 0 Å². The van der Waals surface area contributed by atoms with Crippen LogP contribution in [-0.2, 0) is 5.41 Å². The van der Waals surface area contributed by atoms with E-state index in [1.54, 1.807) is 18.2 Å². The van der Waals surface area contributed by atoms with E-state index in [4.69, 9.17) is 23.2 Å². The second-order valence-electron chi connectivity index (χ2n) is 6.57. The molecule has 0 aromatic heterocycles. The normalized spacial score (nSPS) is 17.7. The van der Waals surface area contributed by atoms with Gasteiger partial charge in [0.15, 0.2) is 0 Å². The maximum atomic E-state index is 12.8. The number of carbonyl (C=O) groups is 1. The van der Waals surface area contributed by atoms with Gasteiger partial charge in [-0.15, -0.1) is 0 Å². The fourth-order valence-electron chi connectivity index (χ4n) is 3.71. The molecule has 1 aliphatic rings. The van der Waals surface area contributed by atoms with Crippen LogP contribution in [0.4, 0.5) is 0 Å². The van der Waals surface area contributed by atoms with Crippen LogP contribution in [0.5, 0.6) is 0 Å². The summed E-state index contributed by atoms with van der Waals surface area (Å²) >= 11 is 12.3. The van der Waals surface area contributed by atoms with Gasteiger partial charge in [-0.3, -0.25) is 4.79 Å². The predicted octanol–water partition coefficient (Wildman–Crippen LogP) is 4.43. The molecule has 0 aliphatic carbocycles. The molecule has 2 N–H and O–H groups in total. The molecule has 2 aromatic rings. The third-order valence-electron chi connectivity index (χ3n) is 5.22. The van der Waals surface area contributed by atoms with Crippen molar-refractivity contribution in [2.45, 2.75) is 31.2 Å². The van der Waals surface area contributed by atoms with Gasteiger partial charge >= 0.3 is 0 Å². The van der Waals surface area contributed by atoms with Gasteiger partial charge in [0.25, 0.3) is 5.91 Å². The van der Waals surface area contributed by atoms with Crippen LogP contribution in [0, 0.1) is 0 Å². The molecule has 5 heteroatoms. The smallest absolute Gasteiger partial charge is 0.253 e. The molecule has 2 aromatic carbocycles. The van der Waals surface area contributed by atoms with Crippen molar-refractivity contribution in [3.63, 3.8) is 0 Å². The van der Waals surface area contributed by atoms with E-state index in [-0.39, 0.29) is 17.4 Å². The number of halogens is 2. The molecule has 3 nitrogen and oxygen atoms in total. The molecule has 0 spiro atoms. The van der Waals surface area contributed by atoms with E-state index >= 15 is 0 Å². The molecule has 25 heavy (non-hydrogen) atoms. The summed E-state index contributed by atoms with van der Waals surface area (Å²) in [6.45, 7) is 3.95. The number of piperidine rings is 1. The first kappa shape index (κ1) is 18.2. The van der Waals surface area contributed by atoms with E-state index < -0.39 is 0 Å². The molecule has 1 unspecified atom stereocenters. The minimum Gasteiger partial charge on any atom is -0.349 e. The lowest BCUT2D eigenvalue weighted by Gasteiger charge is -2.43. The Morgan fingerprint density at radius 3 is 2.44 bits per heavy atom. The fourth-order valence-corrected chi connectivity index (χ4v) is 4.09. The zero-order valence-corrected chi connectivity index (χ0v) is 15.7. The van der Waals surface area contributed by atoms with Crippen LogP contribution in [0.1, 0.15) is 35.7 Å². The second-order valence-corrected chi connectivity index (χ2v) is 7.35. The van der Waals surface area contributed by atoms with Crippen LogP contribution >= 0.6 is 23.2 Å². The van der Waals surface area contributed by atoms with Gasteiger partial charge in [-0.25, -0.2) is 0 Å². The Morgan fingerprint density at radius 2 is 1.76 bits per heavy atom. The summed E-state index contributed by atoms with van der Waals surface area (Å²) in [5.41, 5.74) is 1.59. The predicted molar refractivity (Wildman–Crippen MR) is 104 cm³/mol. The van der Waals surface area contributed by atoms with Gasteiger partial charge in [-0.1, -0.05) is 59.6 Å². The van der Waals surface area contributed by atoms with Crippen LogP contribution < -0.4 is 10.6 Å². The van der Waals surface area contributed by atoms with Gasteiger partial charge in [0.05, 0.1) is 15.6 Å². The molecule has 1 amide bonds.